The SMILES string of the molecule is Cc1ccc(C2CCN(C(=O)Nc3ccc4nc(CN5C(C)(C)CCCC5(C)C)ccc4c3)CC2)cc1. The van der Waals surface area contributed by atoms with E-state index in [0.29, 0.717) is 5.92 Å². The third kappa shape index (κ3) is 5.67. The second kappa shape index (κ2) is 10.1. The number of benzene rings is 2. The first-order valence-electron chi connectivity index (χ1n) is 13.9. The second-order valence-corrected chi connectivity index (χ2v) is 12.4. The maximum atomic E-state index is 13.0. The van der Waals surface area contributed by atoms with Crippen LogP contribution >= 0.6 is 0 Å². The molecule has 0 radical (unpaired) electrons. The average Bonchev–Trinajstić information content (AvgIpc) is 2.86. The first-order chi connectivity index (χ1) is 17.6. The van der Waals surface area contributed by atoms with Gasteiger partial charge >= 0.3 is 6.03 Å². The van der Waals surface area contributed by atoms with Crippen molar-refractivity contribution in [3.8, 4) is 0 Å². The summed E-state index contributed by atoms with van der Waals surface area (Å²) >= 11 is 0. The van der Waals surface area contributed by atoms with E-state index < -0.39 is 0 Å². The smallest absolute Gasteiger partial charge is 0.321 e. The second-order valence-electron chi connectivity index (χ2n) is 12.4. The molecule has 1 N–H and O–H groups in total. The number of amides is 2. The van der Waals surface area contributed by atoms with Crippen molar-refractivity contribution in [3.63, 3.8) is 0 Å². The summed E-state index contributed by atoms with van der Waals surface area (Å²) in [6, 6.07) is 19.2. The van der Waals surface area contributed by atoms with Gasteiger partial charge in [-0.15, -0.1) is 0 Å². The van der Waals surface area contributed by atoms with E-state index in [9.17, 15) is 4.79 Å². The molecule has 196 valence electrons. The number of likely N-dealkylation sites (tertiary alicyclic amines) is 2. The van der Waals surface area contributed by atoms with Gasteiger partial charge in [-0.05, 0) is 102 Å². The first kappa shape index (κ1) is 25.7. The Bertz CT molecular complexity index is 1240. The lowest BCUT2D eigenvalue weighted by molar-refractivity contribution is -0.0348. The van der Waals surface area contributed by atoms with E-state index in [4.69, 9.17) is 4.98 Å². The molecule has 0 bridgehead atoms. The number of nitrogens with one attached hydrogen (secondary N) is 1. The van der Waals surface area contributed by atoms with Gasteiger partial charge in [-0.3, -0.25) is 9.88 Å². The maximum Gasteiger partial charge on any atom is 0.321 e. The highest BCUT2D eigenvalue weighted by molar-refractivity contribution is 5.92. The molecule has 2 aliphatic rings. The fourth-order valence-corrected chi connectivity index (χ4v) is 6.42. The largest absolute Gasteiger partial charge is 0.324 e. The molecule has 3 aromatic rings. The van der Waals surface area contributed by atoms with Gasteiger partial charge in [-0.2, -0.15) is 0 Å². The highest BCUT2D eigenvalue weighted by Gasteiger charge is 2.41. The lowest BCUT2D eigenvalue weighted by Crippen LogP contribution is -2.57. The van der Waals surface area contributed by atoms with Crippen LogP contribution in [0.5, 0.6) is 0 Å². The van der Waals surface area contributed by atoms with E-state index in [2.05, 4.69) is 81.2 Å². The first-order valence-corrected chi connectivity index (χ1v) is 13.9. The molecule has 0 spiro atoms. The Labute approximate surface area is 222 Å². The van der Waals surface area contributed by atoms with Crippen LogP contribution in [0.15, 0.2) is 54.6 Å². The van der Waals surface area contributed by atoms with Crippen molar-refractivity contribution in [1.82, 2.24) is 14.8 Å². The molecular formula is C32H42N4O. The van der Waals surface area contributed by atoms with Gasteiger partial charge in [0.2, 0.25) is 0 Å². The summed E-state index contributed by atoms with van der Waals surface area (Å²) in [7, 11) is 0. The summed E-state index contributed by atoms with van der Waals surface area (Å²) in [5, 5.41) is 4.17. The number of rotatable bonds is 4. The normalized spacial score (nSPS) is 20.2. The number of nitrogens with zero attached hydrogens (tertiary/aromatic N) is 3. The zero-order valence-electron chi connectivity index (χ0n) is 23.2. The van der Waals surface area contributed by atoms with E-state index in [0.717, 1.165) is 54.8 Å². The van der Waals surface area contributed by atoms with Crippen LogP contribution in [0.2, 0.25) is 0 Å². The van der Waals surface area contributed by atoms with Gasteiger partial charge in [-0.25, -0.2) is 4.79 Å². The Balaban J connectivity index is 1.21. The standard InChI is InChI=1S/C32H42N4O/c1-23-7-9-24(10-8-23)25-15-19-35(20-16-25)30(37)34-27-13-14-29-26(21-27)11-12-28(33-29)22-36-31(2,3)17-6-18-32(36,4)5/h7-14,21,25H,6,15-20,22H2,1-5H3,(H,34,37). The summed E-state index contributed by atoms with van der Waals surface area (Å²) in [5.41, 5.74) is 5.91. The molecular weight excluding hydrogens is 456 g/mol. The highest BCUT2D eigenvalue weighted by Crippen LogP contribution is 2.39. The Kier molecular flexibility index (Phi) is 7.01. The number of aromatic nitrogens is 1. The van der Waals surface area contributed by atoms with Crippen molar-refractivity contribution in [3.05, 3.63) is 71.4 Å². The number of pyridine rings is 1. The zero-order valence-corrected chi connectivity index (χ0v) is 23.2. The predicted octanol–water partition coefficient (Wildman–Crippen LogP) is 7.50. The van der Waals surface area contributed by atoms with Crippen LogP contribution in [-0.2, 0) is 6.54 Å². The molecule has 0 atom stereocenters. The van der Waals surface area contributed by atoms with Crippen LogP contribution in [-0.4, -0.2) is 45.0 Å². The molecule has 0 saturated carbocycles. The van der Waals surface area contributed by atoms with Gasteiger partial charge < -0.3 is 10.2 Å². The van der Waals surface area contributed by atoms with Crippen LogP contribution < -0.4 is 5.32 Å². The Morgan fingerprint density at radius 2 is 1.62 bits per heavy atom. The van der Waals surface area contributed by atoms with E-state index >= 15 is 0 Å². The van der Waals surface area contributed by atoms with Gasteiger partial charge in [0.25, 0.3) is 0 Å². The molecule has 2 aromatic carbocycles. The van der Waals surface area contributed by atoms with Crippen molar-refractivity contribution >= 4 is 22.6 Å². The number of aryl methyl sites for hydroxylation is 1. The molecule has 5 heteroatoms. The minimum atomic E-state index is -0.0131. The van der Waals surface area contributed by atoms with Gasteiger partial charge in [0.1, 0.15) is 0 Å². The van der Waals surface area contributed by atoms with Crippen molar-refractivity contribution in [2.45, 2.75) is 90.3 Å². The summed E-state index contributed by atoms with van der Waals surface area (Å²) in [4.78, 5) is 22.5. The fraction of sp³-hybridized carbons (Fsp3) is 0.500. The summed E-state index contributed by atoms with van der Waals surface area (Å²) < 4.78 is 0. The van der Waals surface area contributed by atoms with Gasteiger partial charge in [0.05, 0.1) is 11.2 Å². The van der Waals surface area contributed by atoms with Crippen LogP contribution in [0.4, 0.5) is 10.5 Å². The highest BCUT2D eigenvalue weighted by atomic mass is 16.2. The summed E-state index contributed by atoms with van der Waals surface area (Å²) in [5.74, 6) is 0.534. The number of carbonyl (C=O) groups excluding carboxylic acids is 1. The topological polar surface area (TPSA) is 48.5 Å². The minimum Gasteiger partial charge on any atom is -0.324 e. The minimum absolute atomic E-state index is 0.0131. The van der Waals surface area contributed by atoms with Crippen molar-refractivity contribution in [1.29, 1.82) is 0 Å². The van der Waals surface area contributed by atoms with Crippen LogP contribution in [0.3, 0.4) is 0 Å². The summed E-state index contributed by atoms with van der Waals surface area (Å²) in [6.07, 6.45) is 5.73. The van der Waals surface area contributed by atoms with Crippen LogP contribution in [0.25, 0.3) is 10.9 Å². The molecule has 5 rings (SSSR count). The van der Waals surface area contributed by atoms with Crippen molar-refractivity contribution < 1.29 is 4.79 Å². The number of hydrogen-bond donors (Lipinski definition) is 1. The quantitative estimate of drug-likeness (QED) is 0.405. The molecule has 0 aliphatic carbocycles. The predicted molar refractivity (Wildman–Crippen MR) is 153 cm³/mol. The van der Waals surface area contributed by atoms with E-state index in [1.807, 2.05) is 23.1 Å². The monoisotopic (exact) mass is 498 g/mol. The molecule has 2 fully saturated rings. The molecule has 1 aromatic heterocycles. The number of anilines is 1. The molecule has 3 heterocycles. The molecule has 2 aliphatic heterocycles. The van der Waals surface area contributed by atoms with Crippen molar-refractivity contribution in [2.24, 2.45) is 0 Å². The Hall–Kier alpha value is -2.92. The maximum absolute atomic E-state index is 13.0. The lowest BCUT2D eigenvalue weighted by atomic mass is 9.79. The number of urea groups is 1. The summed E-state index contributed by atoms with van der Waals surface area (Å²) in [6.45, 7) is 14.0. The molecule has 2 amide bonds. The third-order valence-corrected chi connectivity index (χ3v) is 8.69. The molecule has 37 heavy (non-hydrogen) atoms. The van der Waals surface area contributed by atoms with Crippen molar-refractivity contribution in [2.75, 3.05) is 18.4 Å². The third-order valence-electron chi connectivity index (χ3n) is 8.69. The molecule has 0 unspecified atom stereocenters. The Morgan fingerprint density at radius 1 is 0.946 bits per heavy atom. The lowest BCUT2D eigenvalue weighted by Gasteiger charge is -2.52. The van der Waals surface area contributed by atoms with Crippen LogP contribution in [0, 0.1) is 6.92 Å². The van der Waals surface area contributed by atoms with Gasteiger partial charge in [-0.1, -0.05) is 35.9 Å². The fourth-order valence-electron chi connectivity index (χ4n) is 6.42. The number of hydrogen-bond acceptors (Lipinski definition) is 3. The molecule has 5 nitrogen and oxygen atoms in total. The average molecular weight is 499 g/mol. The van der Waals surface area contributed by atoms with Gasteiger partial charge in [0, 0.05) is 41.8 Å². The molecule has 2 saturated heterocycles. The van der Waals surface area contributed by atoms with E-state index in [1.54, 1.807) is 0 Å². The number of fused-ring (bicyclic) bond motifs is 1. The van der Waals surface area contributed by atoms with E-state index in [-0.39, 0.29) is 17.1 Å². The Morgan fingerprint density at radius 3 is 2.30 bits per heavy atom. The zero-order chi connectivity index (χ0) is 26.2. The van der Waals surface area contributed by atoms with E-state index in [1.165, 1.54) is 30.4 Å². The van der Waals surface area contributed by atoms with Crippen LogP contribution in [0.1, 0.15) is 82.5 Å². The van der Waals surface area contributed by atoms with Gasteiger partial charge in [0.15, 0.2) is 0 Å². The number of carbonyl (C=O) groups is 1. The number of piperidine rings is 2.